The first-order valence-electron chi connectivity index (χ1n) is 9.82. The van der Waals surface area contributed by atoms with Crippen molar-refractivity contribution in [1.29, 1.82) is 0 Å². The number of phenolic OH excluding ortho intramolecular Hbond substituents is 1. The molecule has 0 aliphatic rings. The van der Waals surface area contributed by atoms with Crippen molar-refractivity contribution in [2.24, 2.45) is 0 Å². The number of rotatable bonds is 5. The van der Waals surface area contributed by atoms with Gasteiger partial charge in [-0.05, 0) is 43.3 Å². The number of nitrogens with zero attached hydrogens (tertiary/aromatic N) is 3. The Kier molecular flexibility index (Phi) is 6.87. The summed E-state index contributed by atoms with van der Waals surface area (Å²) in [7, 11) is 3.19. The third kappa shape index (κ3) is 5.01. The van der Waals surface area contributed by atoms with Crippen LogP contribution < -0.4 is 9.47 Å². The molecule has 0 radical (unpaired) electrons. The zero-order chi connectivity index (χ0) is 22.4. The van der Waals surface area contributed by atoms with E-state index in [-0.39, 0.29) is 5.78 Å². The van der Waals surface area contributed by atoms with Crippen molar-refractivity contribution in [3.63, 3.8) is 0 Å². The highest BCUT2D eigenvalue weighted by Gasteiger charge is 2.14. The van der Waals surface area contributed by atoms with E-state index < -0.39 is 0 Å². The maximum atomic E-state index is 11.9. The molecule has 0 spiro atoms. The van der Waals surface area contributed by atoms with Crippen LogP contribution in [-0.4, -0.2) is 39.7 Å². The summed E-state index contributed by atoms with van der Waals surface area (Å²) >= 11 is 0. The average molecular weight is 419 g/mol. The normalized spacial score (nSPS) is 10.3. The summed E-state index contributed by atoms with van der Waals surface area (Å²) in [5.41, 5.74) is 3.95. The molecule has 0 saturated heterocycles. The maximum absolute atomic E-state index is 11.9. The molecule has 7 heteroatoms. The molecule has 2 aromatic heterocycles. The molecule has 0 atom stereocenters. The molecule has 160 valence electrons. The highest BCUT2D eigenvalue weighted by atomic mass is 16.5. The summed E-state index contributed by atoms with van der Waals surface area (Å²) in [5, 5.41) is 13.1. The molecule has 0 saturated carbocycles. The molecule has 0 fully saturated rings. The lowest BCUT2D eigenvalue weighted by atomic mass is 10.1. The number of aromatic nitrogens is 3. The average Bonchev–Trinajstić information content (AvgIpc) is 3.25. The third-order valence-electron chi connectivity index (χ3n) is 4.68. The summed E-state index contributed by atoms with van der Waals surface area (Å²) in [6.07, 6.45) is 2.11. The Morgan fingerprint density at radius 2 is 1.71 bits per heavy atom. The molecule has 0 unspecified atom stereocenters. The van der Waals surface area contributed by atoms with Crippen molar-refractivity contribution < 1.29 is 19.4 Å². The highest BCUT2D eigenvalue weighted by molar-refractivity contribution is 5.95. The van der Waals surface area contributed by atoms with Crippen molar-refractivity contribution in [2.75, 3.05) is 14.2 Å². The van der Waals surface area contributed by atoms with Crippen molar-refractivity contribution in [3.8, 4) is 28.5 Å². The largest absolute Gasteiger partial charge is 0.508 e. The number of ketones is 1. The fourth-order valence-electron chi connectivity index (χ4n) is 2.97. The van der Waals surface area contributed by atoms with Gasteiger partial charge in [-0.15, -0.1) is 0 Å². The number of hydrogen-bond acceptors (Lipinski definition) is 6. The summed E-state index contributed by atoms with van der Waals surface area (Å²) in [4.78, 5) is 16.1. The summed E-state index contributed by atoms with van der Waals surface area (Å²) in [6.45, 7) is 3.80. The number of aryl methyl sites for hydroxylation is 1. The molecule has 31 heavy (non-hydrogen) atoms. The van der Waals surface area contributed by atoms with E-state index in [2.05, 4.69) is 10.1 Å². The monoisotopic (exact) mass is 419 g/mol. The molecule has 4 aromatic rings. The second-order valence-corrected chi connectivity index (χ2v) is 6.81. The number of ether oxygens (including phenoxy) is 2. The van der Waals surface area contributed by atoms with Crippen molar-refractivity contribution in [2.45, 2.75) is 20.3 Å². The van der Waals surface area contributed by atoms with Crippen LogP contribution in [0.4, 0.5) is 0 Å². The number of methoxy groups -OCH3 is 2. The lowest BCUT2D eigenvalue weighted by molar-refractivity contribution is 0.0983. The Balaban J connectivity index is 0.000000287. The summed E-state index contributed by atoms with van der Waals surface area (Å²) in [6, 6.07) is 16.3. The van der Waals surface area contributed by atoms with Crippen LogP contribution in [0.1, 0.15) is 29.4 Å². The number of carbonyl (C=O) groups is 1. The van der Waals surface area contributed by atoms with E-state index >= 15 is 0 Å². The van der Waals surface area contributed by atoms with Gasteiger partial charge in [-0.3, -0.25) is 4.79 Å². The van der Waals surface area contributed by atoms with Gasteiger partial charge >= 0.3 is 0 Å². The zero-order valence-corrected chi connectivity index (χ0v) is 18.0. The second kappa shape index (κ2) is 9.75. The van der Waals surface area contributed by atoms with Gasteiger partial charge in [0.25, 0.3) is 0 Å². The number of fused-ring (bicyclic) bond motifs is 1. The van der Waals surface area contributed by atoms with Crippen LogP contribution in [0.5, 0.6) is 17.2 Å². The number of aromatic hydroxyl groups is 1. The molecular formula is C24H25N3O4. The van der Waals surface area contributed by atoms with Gasteiger partial charge in [0.05, 0.1) is 19.9 Å². The van der Waals surface area contributed by atoms with E-state index in [0.29, 0.717) is 35.0 Å². The van der Waals surface area contributed by atoms with Crippen LogP contribution in [0.15, 0.2) is 60.8 Å². The van der Waals surface area contributed by atoms with Crippen LogP contribution >= 0.6 is 0 Å². The molecule has 2 aromatic carbocycles. The van der Waals surface area contributed by atoms with Gasteiger partial charge in [0, 0.05) is 24.2 Å². The van der Waals surface area contributed by atoms with Crippen molar-refractivity contribution in [1.82, 2.24) is 14.6 Å². The van der Waals surface area contributed by atoms with Crippen LogP contribution in [0.2, 0.25) is 0 Å². The Labute approximate surface area is 180 Å². The van der Waals surface area contributed by atoms with E-state index in [4.69, 9.17) is 14.6 Å². The highest BCUT2D eigenvalue weighted by Crippen LogP contribution is 2.32. The first kappa shape index (κ1) is 21.8. The van der Waals surface area contributed by atoms with E-state index in [0.717, 1.165) is 11.3 Å². The van der Waals surface area contributed by atoms with Crippen LogP contribution in [0, 0.1) is 6.92 Å². The molecule has 7 nitrogen and oxygen atoms in total. The first-order valence-corrected chi connectivity index (χ1v) is 9.82. The predicted molar refractivity (Wildman–Crippen MR) is 119 cm³/mol. The van der Waals surface area contributed by atoms with Gasteiger partial charge in [-0.1, -0.05) is 24.6 Å². The van der Waals surface area contributed by atoms with E-state index in [1.165, 1.54) is 5.56 Å². The molecule has 1 N–H and O–H groups in total. The van der Waals surface area contributed by atoms with Crippen molar-refractivity contribution >= 4 is 11.4 Å². The molecule has 0 bridgehead atoms. The van der Waals surface area contributed by atoms with E-state index in [9.17, 15) is 4.79 Å². The molecular weight excluding hydrogens is 394 g/mol. The fourth-order valence-corrected chi connectivity index (χ4v) is 2.97. The quantitative estimate of drug-likeness (QED) is 0.472. The maximum Gasteiger partial charge on any atom is 0.182 e. The Morgan fingerprint density at radius 3 is 2.32 bits per heavy atom. The van der Waals surface area contributed by atoms with E-state index in [1.54, 1.807) is 43.1 Å². The van der Waals surface area contributed by atoms with Crippen LogP contribution in [-0.2, 0) is 0 Å². The molecule has 4 rings (SSSR count). The van der Waals surface area contributed by atoms with Crippen LogP contribution in [0.3, 0.4) is 0 Å². The SMILES string of the molecule is CCC(=O)c1cc2nccc(-c3ccc(OC)c(OC)c3)n2n1.Cc1ccc(O)cc1. The summed E-state index contributed by atoms with van der Waals surface area (Å²) < 4.78 is 12.3. The zero-order valence-electron chi connectivity index (χ0n) is 18.0. The number of benzene rings is 2. The smallest absolute Gasteiger partial charge is 0.182 e. The number of phenols is 1. The van der Waals surface area contributed by atoms with Gasteiger partial charge in [0.1, 0.15) is 11.4 Å². The molecule has 2 heterocycles. The minimum Gasteiger partial charge on any atom is -0.508 e. The fraction of sp³-hybridized carbons (Fsp3) is 0.208. The minimum absolute atomic E-state index is 0.00578. The lowest BCUT2D eigenvalue weighted by Crippen LogP contribution is -2.00. The molecule has 0 aliphatic heterocycles. The van der Waals surface area contributed by atoms with Crippen LogP contribution in [0.25, 0.3) is 16.9 Å². The predicted octanol–water partition coefficient (Wildman–Crippen LogP) is 4.71. The van der Waals surface area contributed by atoms with Gasteiger partial charge in [0.15, 0.2) is 22.9 Å². The van der Waals surface area contributed by atoms with Gasteiger partial charge < -0.3 is 14.6 Å². The Hall–Kier alpha value is -3.87. The standard InChI is InChI=1S/C17H17N3O3.C7H8O/c1-4-14(21)12-10-17-18-8-7-13(20(17)19-12)11-5-6-15(22-2)16(9-11)23-3;1-6-2-4-7(8)5-3-6/h5-10H,4H2,1-3H3;2-5,8H,1H3. The second-order valence-electron chi connectivity index (χ2n) is 6.81. The number of hydrogen-bond donors (Lipinski definition) is 1. The van der Waals surface area contributed by atoms with Crippen molar-refractivity contribution in [3.05, 3.63) is 72.1 Å². The topological polar surface area (TPSA) is 86.0 Å². The van der Waals surface area contributed by atoms with Gasteiger partial charge in [0.2, 0.25) is 0 Å². The first-order chi connectivity index (χ1) is 15.0. The third-order valence-corrected chi connectivity index (χ3v) is 4.68. The number of Topliss-reactive ketones (excluding diaryl/α,β-unsaturated/α-hetero) is 1. The summed E-state index contributed by atoms with van der Waals surface area (Å²) in [5.74, 6) is 1.61. The molecule has 0 amide bonds. The van der Waals surface area contributed by atoms with Gasteiger partial charge in [-0.2, -0.15) is 5.10 Å². The lowest BCUT2D eigenvalue weighted by Gasteiger charge is -2.10. The number of carbonyl (C=O) groups excluding carboxylic acids is 1. The van der Waals surface area contributed by atoms with E-state index in [1.807, 2.05) is 50.2 Å². The Bertz CT molecular complexity index is 1160. The Morgan fingerprint density at radius 1 is 1.00 bits per heavy atom. The molecule has 0 aliphatic carbocycles. The van der Waals surface area contributed by atoms with Gasteiger partial charge in [-0.25, -0.2) is 9.50 Å². The minimum atomic E-state index is -0.00578.